The van der Waals surface area contributed by atoms with E-state index in [0.717, 1.165) is 33.4 Å². The predicted octanol–water partition coefficient (Wildman–Crippen LogP) is 1.77. The molecule has 3 aromatic carbocycles. The molecule has 0 spiro atoms. The van der Waals surface area contributed by atoms with E-state index in [0.29, 0.717) is 5.84 Å². The minimum Gasteiger partial charge on any atom is -0.384 e. The highest BCUT2D eigenvalue weighted by Gasteiger charge is 2.04. The first-order valence-corrected chi connectivity index (χ1v) is 7.58. The summed E-state index contributed by atoms with van der Waals surface area (Å²) in [5.41, 5.74) is 17.1. The maximum atomic E-state index is 7.44. The first kappa shape index (κ1) is 15.5. The third-order valence-corrected chi connectivity index (χ3v) is 3.97. The molecule has 0 bridgehead atoms. The monoisotopic (exact) mass is 315 g/mol. The van der Waals surface area contributed by atoms with E-state index in [1.54, 1.807) is 0 Å². The molecule has 0 saturated carbocycles. The molecule has 0 atom stereocenters. The van der Waals surface area contributed by atoms with Crippen molar-refractivity contribution in [3.05, 3.63) is 83.9 Å². The molecule has 0 heterocycles. The maximum absolute atomic E-state index is 7.44. The van der Waals surface area contributed by atoms with E-state index in [2.05, 4.69) is 24.3 Å². The average Bonchev–Trinajstić information content (AvgIpc) is 2.62. The summed E-state index contributed by atoms with van der Waals surface area (Å²) in [7, 11) is 0. The van der Waals surface area contributed by atoms with Crippen LogP contribution in [0.3, 0.4) is 0 Å². The molecule has 0 aromatic heterocycles. The topological polar surface area (TPSA) is 101 Å². The molecule has 7 N–H and O–H groups in total. The SMILES string of the molecule is N=C(N)c1ccc(-c2ccc(-c3ccc(C(N)=[NH2+])cc3)cc2)cc1. The van der Waals surface area contributed by atoms with Crippen LogP contribution in [-0.4, -0.2) is 11.7 Å². The van der Waals surface area contributed by atoms with Gasteiger partial charge in [-0.2, -0.15) is 0 Å². The quantitative estimate of drug-likeness (QED) is 0.435. The molecule has 4 heteroatoms. The average molecular weight is 315 g/mol. The Morgan fingerprint density at radius 1 is 0.583 bits per heavy atom. The lowest BCUT2D eigenvalue weighted by atomic mass is 9.99. The largest absolute Gasteiger partial charge is 0.384 e. The van der Waals surface area contributed by atoms with Crippen molar-refractivity contribution in [1.29, 1.82) is 5.41 Å². The summed E-state index contributed by atoms with van der Waals surface area (Å²) in [6, 6.07) is 23.8. The Morgan fingerprint density at radius 2 is 0.875 bits per heavy atom. The van der Waals surface area contributed by atoms with Gasteiger partial charge in [0.1, 0.15) is 5.84 Å². The Hall–Kier alpha value is -3.40. The summed E-state index contributed by atoms with van der Waals surface area (Å²) in [5.74, 6) is 0.404. The summed E-state index contributed by atoms with van der Waals surface area (Å²) in [5, 5.41) is 13.0. The van der Waals surface area contributed by atoms with Gasteiger partial charge < -0.3 is 5.73 Å². The van der Waals surface area contributed by atoms with Gasteiger partial charge in [0.25, 0.3) is 5.84 Å². The fourth-order valence-electron chi connectivity index (χ4n) is 2.55. The van der Waals surface area contributed by atoms with Crippen molar-refractivity contribution in [2.24, 2.45) is 11.5 Å². The third kappa shape index (κ3) is 3.17. The first-order chi connectivity index (χ1) is 11.5. The molecule has 0 radical (unpaired) electrons. The Morgan fingerprint density at radius 3 is 1.17 bits per heavy atom. The number of amidine groups is 2. The predicted molar refractivity (Wildman–Crippen MR) is 98.6 cm³/mol. The van der Waals surface area contributed by atoms with E-state index < -0.39 is 0 Å². The molecule has 0 unspecified atom stereocenters. The van der Waals surface area contributed by atoms with Gasteiger partial charge in [-0.1, -0.05) is 60.7 Å². The van der Waals surface area contributed by atoms with E-state index in [9.17, 15) is 0 Å². The van der Waals surface area contributed by atoms with Gasteiger partial charge in [0.2, 0.25) is 0 Å². The van der Waals surface area contributed by atoms with Crippen molar-refractivity contribution >= 4 is 11.7 Å². The van der Waals surface area contributed by atoms with Crippen LogP contribution in [0, 0.1) is 5.41 Å². The number of rotatable bonds is 4. The lowest BCUT2D eigenvalue weighted by Gasteiger charge is -2.06. The molecule has 0 aliphatic carbocycles. The highest BCUT2D eigenvalue weighted by atomic mass is 14.7. The molecular formula is C20H19N4+. The molecular weight excluding hydrogens is 296 g/mol. The van der Waals surface area contributed by atoms with Gasteiger partial charge in [0, 0.05) is 5.56 Å². The second-order valence-electron chi connectivity index (χ2n) is 5.60. The van der Waals surface area contributed by atoms with Gasteiger partial charge in [-0.25, -0.2) is 0 Å². The van der Waals surface area contributed by atoms with Crippen LogP contribution in [0.1, 0.15) is 11.1 Å². The second kappa shape index (κ2) is 6.38. The van der Waals surface area contributed by atoms with Gasteiger partial charge in [-0.3, -0.25) is 16.6 Å². The highest BCUT2D eigenvalue weighted by molar-refractivity contribution is 5.95. The minimum absolute atomic E-state index is 0.0794. The first-order valence-electron chi connectivity index (χ1n) is 7.58. The van der Waals surface area contributed by atoms with Crippen LogP contribution in [0.4, 0.5) is 0 Å². The zero-order chi connectivity index (χ0) is 17.1. The Labute approximate surface area is 140 Å². The van der Waals surface area contributed by atoms with Crippen LogP contribution in [0.2, 0.25) is 0 Å². The van der Waals surface area contributed by atoms with Gasteiger partial charge in [-0.05, 0) is 34.4 Å². The molecule has 0 aliphatic heterocycles. The Balaban J connectivity index is 1.84. The van der Waals surface area contributed by atoms with Crippen molar-refractivity contribution in [2.45, 2.75) is 0 Å². The van der Waals surface area contributed by atoms with E-state index in [1.165, 1.54) is 0 Å². The van der Waals surface area contributed by atoms with Crippen LogP contribution in [-0.2, 0) is 0 Å². The third-order valence-electron chi connectivity index (χ3n) is 3.97. The van der Waals surface area contributed by atoms with Crippen LogP contribution < -0.4 is 16.9 Å². The number of nitrogen functional groups attached to an aromatic ring is 1. The van der Waals surface area contributed by atoms with Crippen LogP contribution in [0.5, 0.6) is 0 Å². The van der Waals surface area contributed by atoms with Crippen LogP contribution in [0.15, 0.2) is 72.8 Å². The molecule has 3 aromatic rings. The standard InChI is InChI=1S/C20H18N4/c21-19(22)17-9-5-15(6-10-17)13-1-2-14(4-3-13)16-7-11-18(12-8-16)20(23)24/h1-12H,(H3,21,22)(H3,23,24)/p+1. The van der Waals surface area contributed by atoms with E-state index in [1.807, 2.05) is 48.5 Å². The summed E-state index contributed by atoms with van der Waals surface area (Å²) in [6.45, 7) is 0. The van der Waals surface area contributed by atoms with Gasteiger partial charge >= 0.3 is 0 Å². The van der Waals surface area contributed by atoms with Crippen molar-refractivity contribution in [2.75, 3.05) is 0 Å². The van der Waals surface area contributed by atoms with Gasteiger partial charge in [0.15, 0.2) is 0 Å². The normalized spacial score (nSPS) is 10.3. The number of hydrogen-bond donors (Lipinski definition) is 4. The molecule has 24 heavy (non-hydrogen) atoms. The van der Waals surface area contributed by atoms with Crippen LogP contribution in [0.25, 0.3) is 22.3 Å². The summed E-state index contributed by atoms with van der Waals surface area (Å²) < 4.78 is 0. The van der Waals surface area contributed by atoms with Gasteiger partial charge in [-0.15, -0.1) is 0 Å². The van der Waals surface area contributed by atoms with Crippen LogP contribution >= 0.6 is 0 Å². The molecule has 3 rings (SSSR count). The molecule has 4 nitrogen and oxygen atoms in total. The lowest BCUT2D eigenvalue weighted by molar-refractivity contribution is -0.114. The van der Waals surface area contributed by atoms with E-state index in [-0.39, 0.29) is 5.84 Å². The summed E-state index contributed by atoms with van der Waals surface area (Å²) >= 11 is 0. The van der Waals surface area contributed by atoms with E-state index in [4.69, 9.17) is 22.3 Å². The van der Waals surface area contributed by atoms with Crippen molar-refractivity contribution in [1.82, 2.24) is 0 Å². The molecule has 0 amide bonds. The number of benzene rings is 3. The lowest BCUT2D eigenvalue weighted by Crippen LogP contribution is -2.46. The van der Waals surface area contributed by atoms with Gasteiger partial charge in [0.05, 0.1) is 5.56 Å². The zero-order valence-corrected chi connectivity index (χ0v) is 13.2. The molecule has 0 saturated heterocycles. The zero-order valence-electron chi connectivity index (χ0n) is 13.2. The van der Waals surface area contributed by atoms with Crippen molar-refractivity contribution < 1.29 is 5.41 Å². The number of nitrogens with two attached hydrogens (primary N) is 3. The smallest absolute Gasteiger partial charge is 0.270 e. The van der Waals surface area contributed by atoms with E-state index >= 15 is 0 Å². The van der Waals surface area contributed by atoms with Crippen molar-refractivity contribution in [3.63, 3.8) is 0 Å². The summed E-state index contributed by atoms with van der Waals surface area (Å²) in [6.07, 6.45) is 0. The Kier molecular flexibility index (Phi) is 4.12. The second-order valence-corrected chi connectivity index (χ2v) is 5.60. The fourth-order valence-corrected chi connectivity index (χ4v) is 2.55. The number of hydrogen-bond acceptors (Lipinski definition) is 1. The fraction of sp³-hybridized carbons (Fsp3) is 0. The van der Waals surface area contributed by atoms with Crippen molar-refractivity contribution in [3.8, 4) is 22.3 Å². The molecule has 118 valence electrons. The molecule has 0 aliphatic rings. The minimum atomic E-state index is 0.0794. The Bertz CT molecular complexity index is 800. The highest BCUT2D eigenvalue weighted by Crippen LogP contribution is 2.25. The maximum Gasteiger partial charge on any atom is 0.270 e. The number of nitrogens with one attached hydrogen (secondary N) is 1. The summed E-state index contributed by atoms with van der Waals surface area (Å²) in [4.78, 5) is 0. The molecule has 0 fully saturated rings.